The SMILES string of the molecule is Cc1nnc(SCCc2nnc(-c3ccccc3)o2)o1. The molecule has 3 rings (SSSR count). The van der Waals surface area contributed by atoms with Crippen molar-refractivity contribution in [3.63, 3.8) is 0 Å². The van der Waals surface area contributed by atoms with Crippen LogP contribution in [0.3, 0.4) is 0 Å². The van der Waals surface area contributed by atoms with Crippen LogP contribution in [0.4, 0.5) is 0 Å². The van der Waals surface area contributed by atoms with Crippen molar-refractivity contribution in [2.24, 2.45) is 0 Å². The van der Waals surface area contributed by atoms with Crippen LogP contribution in [-0.2, 0) is 6.42 Å². The van der Waals surface area contributed by atoms with Crippen molar-refractivity contribution in [3.8, 4) is 11.5 Å². The van der Waals surface area contributed by atoms with Crippen LogP contribution in [0.1, 0.15) is 11.8 Å². The first-order valence-corrected chi connectivity index (χ1v) is 7.10. The third-order valence-electron chi connectivity index (χ3n) is 2.54. The molecule has 6 nitrogen and oxygen atoms in total. The Morgan fingerprint density at radius 1 is 1.00 bits per heavy atom. The maximum Gasteiger partial charge on any atom is 0.276 e. The van der Waals surface area contributed by atoms with Gasteiger partial charge in [-0.1, -0.05) is 30.0 Å². The van der Waals surface area contributed by atoms with E-state index in [9.17, 15) is 0 Å². The summed E-state index contributed by atoms with van der Waals surface area (Å²) in [5, 5.41) is 16.3. The number of aromatic nitrogens is 4. The molecule has 102 valence electrons. The molecule has 0 radical (unpaired) electrons. The summed E-state index contributed by atoms with van der Waals surface area (Å²) in [6.45, 7) is 1.77. The van der Waals surface area contributed by atoms with E-state index in [-0.39, 0.29) is 0 Å². The molecule has 20 heavy (non-hydrogen) atoms. The summed E-state index contributed by atoms with van der Waals surface area (Å²) >= 11 is 1.47. The highest BCUT2D eigenvalue weighted by Gasteiger charge is 2.09. The zero-order chi connectivity index (χ0) is 13.8. The molecule has 7 heteroatoms. The van der Waals surface area contributed by atoms with Gasteiger partial charge in [-0.2, -0.15) is 0 Å². The number of benzene rings is 1. The van der Waals surface area contributed by atoms with Crippen molar-refractivity contribution in [1.29, 1.82) is 0 Å². The maximum atomic E-state index is 5.61. The van der Waals surface area contributed by atoms with Gasteiger partial charge < -0.3 is 8.83 Å². The molecule has 3 aromatic rings. The summed E-state index contributed by atoms with van der Waals surface area (Å²) < 4.78 is 10.9. The number of aryl methyl sites for hydroxylation is 2. The Labute approximate surface area is 119 Å². The summed E-state index contributed by atoms with van der Waals surface area (Å²) in [6.07, 6.45) is 0.659. The predicted molar refractivity (Wildman–Crippen MR) is 73.2 cm³/mol. The minimum absolute atomic E-state index is 0.541. The van der Waals surface area contributed by atoms with E-state index in [0.717, 1.165) is 11.3 Å². The van der Waals surface area contributed by atoms with Crippen LogP contribution < -0.4 is 0 Å². The fourth-order valence-electron chi connectivity index (χ4n) is 1.61. The van der Waals surface area contributed by atoms with Gasteiger partial charge in [0, 0.05) is 24.7 Å². The lowest BCUT2D eigenvalue weighted by Crippen LogP contribution is -1.88. The van der Waals surface area contributed by atoms with Gasteiger partial charge in [0.25, 0.3) is 5.22 Å². The second-order valence-corrected chi connectivity index (χ2v) is 5.10. The Morgan fingerprint density at radius 2 is 1.85 bits per heavy atom. The number of hydrogen-bond donors (Lipinski definition) is 0. The van der Waals surface area contributed by atoms with E-state index in [1.54, 1.807) is 6.92 Å². The van der Waals surface area contributed by atoms with Crippen LogP contribution in [0.25, 0.3) is 11.5 Å². The Bertz CT molecular complexity index is 681. The van der Waals surface area contributed by atoms with E-state index in [4.69, 9.17) is 8.83 Å². The average Bonchev–Trinajstić information content (AvgIpc) is 3.09. The van der Waals surface area contributed by atoms with Gasteiger partial charge in [-0.3, -0.25) is 0 Å². The summed E-state index contributed by atoms with van der Waals surface area (Å²) in [5.41, 5.74) is 0.923. The first-order valence-electron chi connectivity index (χ1n) is 6.12. The molecule has 0 N–H and O–H groups in total. The first kappa shape index (κ1) is 12.9. The number of nitrogens with zero attached hydrogens (tertiary/aromatic N) is 4. The lowest BCUT2D eigenvalue weighted by molar-refractivity contribution is 0.429. The van der Waals surface area contributed by atoms with E-state index >= 15 is 0 Å². The summed E-state index contributed by atoms with van der Waals surface area (Å²) in [6, 6.07) is 9.70. The van der Waals surface area contributed by atoms with Gasteiger partial charge in [0.05, 0.1) is 0 Å². The second-order valence-electron chi connectivity index (χ2n) is 4.05. The summed E-state index contributed by atoms with van der Waals surface area (Å²) in [7, 11) is 0. The fraction of sp³-hybridized carbons (Fsp3) is 0.231. The largest absolute Gasteiger partial charge is 0.421 e. The van der Waals surface area contributed by atoms with E-state index in [0.29, 0.717) is 29.3 Å². The monoisotopic (exact) mass is 288 g/mol. The molecule has 0 fully saturated rings. The zero-order valence-corrected chi connectivity index (χ0v) is 11.6. The predicted octanol–water partition coefficient (Wildman–Crippen LogP) is 2.76. The smallest absolute Gasteiger partial charge is 0.276 e. The minimum Gasteiger partial charge on any atom is -0.421 e. The van der Waals surface area contributed by atoms with E-state index in [1.165, 1.54) is 11.8 Å². The molecule has 0 aliphatic rings. The van der Waals surface area contributed by atoms with E-state index < -0.39 is 0 Å². The molecule has 0 saturated carbocycles. The van der Waals surface area contributed by atoms with Crippen molar-refractivity contribution < 1.29 is 8.83 Å². The van der Waals surface area contributed by atoms with Gasteiger partial charge in [-0.05, 0) is 12.1 Å². The lowest BCUT2D eigenvalue weighted by Gasteiger charge is -1.93. The van der Waals surface area contributed by atoms with Crippen molar-refractivity contribution in [1.82, 2.24) is 20.4 Å². The van der Waals surface area contributed by atoms with Crippen LogP contribution in [0.15, 0.2) is 44.4 Å². The number of rotatable bonds is 5. The Hall–Kier alpha value is -2.15. The maximum absolute atomic E-state index is 5.61. The Morgan fingerprint density at radius 3 is 2.60 bits per heavy atom. The van der Waals surface area contributed by atoms with Gasteiger partial charge in [0.15, 0.2) is 0 Å². The molecule has 2 heterocycles. The topological polar surface area (TPSA) is 77.8 Å². The first-order chi connectivity index (χ1) is 9.81. The second kappa shape index (κ2) is 5.87. The zero-order valence-electron chi connectivity index (χ0n) is 10.8. The standard InChI is InChI=1S/C13H12N4O2S/c1-9-14-17-13(18-9)20-8-7-11-15-16-12(19-11)10-5-3-2-4-6-10/h2-6H,7-8H2,1H3. The van der Waals surface area contributed by atoms with Crippen LogP contribution in [0, 0.1) is 6.92 Å². The van der Waals surface area contributed by atoms with Gasteiger partial charge in [-0.15, -0.1) is 20.4 Å². The highest BCUT2D eigenvalue weighted by molar-refractivity contribution is 7.99. The average molecular weight is 288 g/mol. The van der Waals surface area contributed by atoms with Crippen LogP contribution >= 0.6 is 11.8 Å². The Kier molecular flexibility index (Phi) is 3.78. The highest BCUT2D eigenvalue weighted by Crippen LogP contribution is 2.20. The molecule has 2 aromatic heterocycles. The fourth-order valence-corrected chi connectivity index (χ4v) is 2.34. The van der Waals surface area contributed by atoms with Crippen molar-refractivity contribution >= 4 is 11.8 Å². The normalized spacial score (nSPS) is 10.8. The number of thioether (sulfide) groups is 1. The van der Waals surface area contributed by atoms with Gasteiger partial charge >= 0.3 is 0 Å². The molecule has 0 spiro atoms. The van der Waals surface area contributed by atoms with Gasteiger partial charge in [-0.25, -0.2) is 0 Å². The van der Waals surface area contributed by atoms with Gasteiger partial charge in [0.2, 0.25) is 17.7 Å². The van der Waals surface area contributed by atoms with E-state index in [1.807, 2.05) is 30.3 Å². The van der Waals surface area contributed by atoms with Crippen LogP contribution in [0.5, 0.6) is 0 Å². The molecular formula is C13H12N4O2S. The van der Waals surface area contributed by atoms with Gasteiger partial charge in [0.1, 0.15) is 0 Å². The van der Waals surface area contributed by atoms with Crippen molar-refractivity contribution in [2.75, 3.05) is 5.75 Å². The molecular weight excluding hydrogens is 276 g/mol. The molecule has 0 unspecified atom stereocenters. The molecule has 0 aliphatic heterocycles. The Balaban J connectivity index is 1.58. The lowest BCUT2D eigenvalue weighted by atomic mass is 10.2. The number of hydrogen-bond acceptors (Lipinski definition) is 7. The molecule has 0 amide bonds. The molecule has 0 saturated heterocycles. The van der Waals surface area contributed by atoms with Crippen molar-refractivity contribution in [3.05, 3.63) is 42.1 Å². The summed E-state index contributed by atoms with van der Waals surface area (Å²) in [5.74, 6) is 2.46. The highest BCUT2D eigenvalue weighted by atomic mass is 32.2. The molecule has 1 aromatic carbocycles. The van der Waals surface area contributed by atoms with E-state index in [2.05, 4.69) is 20.4 Å². The van der Waals surface area contributed by atoms with Crippen LogP contribution in [-0.4, -0.2) is 26.1 Å². The third-order valence-corrected chi connectivity index (χ3v) is 3.36. The summed E-state index contributed by atoms with van der Waals surface area (Å²) in [4.78, 5) is 0. The molecule has 0 atom stereocenters. The molecule has 0 bridgehead atoms. The third kappa shape index (κ3) is 3.05. The van der Waals surface area contributed by atoms with Crippen LogP contribution in [0.2, 0.25) is 0 Å². The molecule has 0 aliphatic carbocycles. The minimum atomic E-state index is 0.541. The quantitative estimate of drug-likeness (QED) is 0.668. The van der Waals surface area contributed by atoms with Crippen molar-refractivity contribution in [2.45, 2.75) is 18.6 Å².